The van der Waals surface area contributed by atoms with E-state index in [1.54, 1.807) is 0 Å². The van der Waals surface area contributed by atoms with Gasteiger partial charge >= 0.3 is 0 Å². The Labute approximate surface area is 147 Å². The van der Waals surface area contributed by atoms with Gasteiger partial charge in [0.1, 0.15) is 11.5 Å². The molecule has 0 aromatic carbocycles. The number of imidazole rings is 2. The van der Waals surface area contributed by atoms with E-state index in [1.165, 1.54) is 0 Å². The Morgan fingerprint density at radius 1 is 1.28 bits per heavy atom. The molecule has 0 aliphatic carbocycles. The molecule has 0 N–H and O–H groups in total. The average molecular weight is 337 g/mol. The van der Waals surface area contributed by atoms with Crippen LogP contribution in [0.25, 0.3) is 5.65 Å². The number of hydrogen-bond acceptors (Lipinski definition) is 3. The van der Waals surface area contributed by atoms with Crippen LogP contribution in [0, 0.1) is 13.8 Å². The predicted molar refractivity (Wildman–Crippen MR) is 95.5 cm³/mol. The second-order valence-electron chi connectivity index (χ2n) is 6.93. The monoisotopic (exact) mass is 337 g/mol. The lowest BCUT2D eigenvalue weighted by atomic mass is 10.1. The molecule has 3 aromatic heterocycles. The summed E-state index contributed by atoms with van der Waals surface area (Å²) in [4.78, 5) is 24.0. The van der Waals surface area contributed by atoms with Crippen LogP contribution < -0.4 is 0 Å². The van der Waals surface area contributed by atoms with Crippen molar-refractivity contribution in [3.8, 4) is 0 Å². The van der Waals surface area contributed by atoms with E-state index in [0.717, 1.165) is 48.1 Å². The summed E-state index contributed by atoms with van der Waals surface area (Å²) in [5, 5.41) is 0. The van der Waals surface area contributed by atoms with Crippen molar-refractivity contribution in [1.29, 1.82) is 0 Å². The summed E-state index contributed by atoms with van der Waals surface area (Å²) in [6, 6.07) is 5.90. The van der Waals surface area contributed by atoms with Crippen LogP contribution in [0.15, 0.2) is 30.6 Å². The van der Waals surface area contributed by atoms with Gasteiger partial charge < -0.3 is 13.9 Å². The Bertz CT molecular complexity index is 939. The molecule has 4 rings (SSSR count). The molecule has 0 radical (unpaired) electrons. The fraction of sp³-hybridized carbons (Fsp3) is 0.421. The first-order valence-electron chi connectivity index (χ1n) is 8.73. The topological polar surface area (TPSA) is 55.4 Å². The van der Waals surface area contributed by atoms with Crippen molar-refractivity contribution in [3.05, 3.63) is 53.5 Å². The number of aryl methyl sites for hydroxylation is 3. The second kappa shape index (κ2) is 6.02. The minimum Gasteiger partial charge on any atom is -0.342 e. The van der Waals surface area contributed by atoms with Crippen LogP contribution in [0.2, 0.25) is 0 Å². The smallest absolute Gasteiger partial charge is 0.228 e. The number of aromatic nitrogens is 4. The number of pyridine rings is 1. The molecule has 25 heavy (non-hydrogen) atoms. The summed E-state index contributed by atoms with van der Waals surface area (Å²) >= 11 is 0. The average Bonchev–Trinajstić information content (AvgIpc) is 3.26. The van der Waals surface area contributed by atoms with Gasteiger partial charge in [0.15, 0.2) is 0 Å². The molecular weight excluding hydrogens is 314 g/mol. The zero-order valence-corrected chi connectivity index (χ0v) is 14.9. The molecule has 1 atom stereocenters. The van der Waals surface area contributed by atoms with Crippen LogP contribution in [0.4, 0.5) is 0 Å². The van der Waals surface area contributed by atoms with Gasteiger partial charge in [-0.1, -0.05) is 6.07 Å². The Kier molecular flexibility index (Phi) is 3.82. The summed E-state index contributed by atoms with van der Waals surface area (Å²) in [5.41, 5.74) is 3.83. The lowest BCUT2D eigenvalue weighted by Crippen LogP contribution is -2.30. The summed E-state index contributed by atoms with van der Waals surface area (Å²) < 4.78 is 4.10. The van der Waals surface area contributed by atoms with Gasteiger partial charge in [-0.25, -0.2) is 9.97 Å². The molecule has 1 fully saturated rings. The molecular formula is C19H23N5O. The Hall–Kier alpha value is -2.63. The number of carbonyl (C=O) groups is 1. The molecule has 0 bridgehead atoms. The number of likely N-dealkylation sites (tertiary alicyclic amines) is 1. The maximum atomic E-state index is 12.8. The lowest BCUT2D eigenvalue weighted by Gasteiger charge is -2.17. The zero-order valence-electron chi connectivity index (χ0n) is 14.9. The minimum absolute atomic E-state index is 0.169. The van der Waals surface area contributed by atoms with E-state index in [9.17, 15) is 4.79 Å². The number of hydrogen-bond donors (Lipinski definition) is 0. The van der Waals surface area contributed by atoms with Crippen molar-refractivity contribution in [2.24, 2.45) is 7.05 Å². The van der Waals surface area contributed by atoms with Crippen molar-refractivity contribution in [2.45, 2.75) is 32.6 Å². The van der Waals surface area contributed by atoms with E-state index in [-0.39, 0.29) is 5.91 Å². The van der Waals surface area contributed by atoms with E-state index < -0.39 is 0 Å². The Morgan fingerprint density at radius 2 is 2.12 bits per heavy atom. The molecule has 1 aliphatic rings. The second-order valence-corrected chi connectivity index (χ2v) is 6.93. The predicted octanol–water partition coefficient (Wildman–Crippen LogP) is 2.24. The highest BCUT2D eigenvalue weighted by molar-refractivity contribution is 5.79. The lowest BCUT2D eigenvalue weighted by molar-refractivity contribution is -0.129. The molecule has 0 spiro atoms. The fourth-order valence-corrected chi connectivity index (χ4v) is 3.84. The van der Waals surface area contributed by atoms with Crippen molar-refractivity contribution in [3.63, 3.8) is 0 Å². The highest BCUT2D eigenvalue weighted by atomic mass is 16.2. The number of carbonyl (C=O) groups excluding carboxylic acids is 1. The van der Waals surface area contributed by atoms with Gasteiger partial charge in [0.05, 0.1) is 23.5 Å². The maximum Gasteiger partial charge on any atom is 0.228 e. The van der Waals surface area contributed by atoms with Gasteiger partial charge in [0.25, 0.3) is 0 Å². The molecule has 1 saturated heterocycles. The van der Waals surface area contributed by atoms with Crippen LogP contribution in [-0.2, 0) is 18.3 Å². The highest BCUT2D eigenvalue weighted by Crippen LogP contribution is 2.27. The van der Waals surface area contributed by atoms with Crippen LogP contribution in [0.3, 0.4) is 0 Å². The van der Waals surface area contributed by atoms with Crippen molar-refractivity contribution >= 4 is 11.6 Å². The van der Waals surface area contributed by atoms with Crippen LogP contribution >= 0.6 is 0 Å². The molecule has 6 nitrogen and oxygen atoms in total. The summed E-state index contributed by atoms with van der Waals surface area (Å²) in [7, 11) is 2.03. The summed E-state index contributed by atoms with van der Waals surface area (Å²) in [6.07, 6.45) is 5.38. The van der Waals surface area contributed by atoms with Gasteiger partial charge in [-0.2, -0.15) is 0 Å². The van der Waals surface area contributed by atoms with E-state index in [1.807, 2.05) is 60.8 Å². The van der Waals surface area contributed by atoms with Crippen molar-refractivity contribution in [1.82, 2.24) is 23.8 Å². The van der Waals surface area contributed by atoms with E-state index in [4.69, 9.17) is 0 Å². The van der Waals surface area contributed by atoms with E-state index in [0.29, 0.717) is 12.3 Å². The number of rotatable bonds is 3. The third-order valence-electron chi connectivity index (χ3n) is 5.09. The SMILES string of the molecule is Cc1cn(C)c([C@H]2CCN(C(=O)Cc3c(C)nc4ccccn34)C2)n1. The number of nitrogens with zero attached hydrogens (tertiary/aromatic N) is 5. The number of amides is 1. The normalized spacial score (nSPS) is 17.6. The first-order chi connectivity index (χ1) is 12.0. The molecule has 0 unspecified atom stereocenters. The largest absolute Gasteiger partial charge is 0.342 e. The molecule has 6 heteroatoms. The highest BCUT2D eigenvalue weighted by Gasteiger charge is 2.30. The first kappa shape index (κ1) is 15.9. The summed E-state index contributed by atoms with van der Waals surface area (Å²) in [6.45, 7) is 5.53. The van der Waals surface area contributed by atoms with Crippen molar-refractivity contribution in [2.75, 3.05) is 13.1 Å². The third kappa shape index (κ3) is 2.81. The van der Waals surface area contributed by atoms with E-state index >= 15 is 0 Å². The third-order valence-corrected chi connectivity index (χ3v) is 5.09. The molecule has 0 saturated carbocycles. The van der Waals surface area contributed by atoms with Crippen LogP contribution in [0.1, 0.15) is 35.2 Å². The van der Waals surface area contributed by atoms with Crippen LogP contribution in [0.5, 0.6) is 0 Å². The van der Waals surface area contributed by atoms with Crippen molar-refractivity contribution < 1.29 is 4.79 Å². The van der Waals surface area contributed by atoms with Gasteiger partial charge in [0.2, 0.25) is 5.91 Å². The van der Waals surface area contributed by atoms with Gasteiger partial charge in [0, 0.05) is 38.4 Å². The molecule has 1 aliphatic heterocycles. The van der Waals surface area contributed by atoms with Gasteiger partial charge in [-0.3, -0.25) is 4.79 Å². The summed E-state index contributed by atoms with van der Waals surface area (Å²) in [5.74, 6) is 1.58. The molecule has 4 heterocycles. The molecule has 1 amide bonds. The van der Waals surface area contributed by atoms with Gasteiger partial charge in [-0.05, 0) is 32.4 Å². The van der Waals surface area contributed by atoms with Gasteiger partial charge in [-0.15, -0.1) is 0 Å². The van der Waals surface area contributed by atoms with E-state index in [2.05, 4.69) is 14.5 Å². The minimum atomic E-state index is 0.169. The standard InChI is InChI=1S/C19H23N5O/c1-13-11-22(3)19(20-13)15-7-9-23(12-15)18(25)10-16-14(2)21-17-6-4-5-8-24(16)17/h4-6,8,11,15H,7,9-10,12H2,1-3H3/t15-/m0/s1. The first-order valence-corrected chi connectivity index (χ1v) is 8.73. The molecule has 3 aromatic rings. The number of fused-ring (bicyclic) bond motifs is 1. The van der Waals surface area contributed by atoms with Crippen LogP contribution in [-0.4, -0.2) is 42.8 Å². The quantitative estimate of drug-likeness (QED) is 0.736. The molecule has 130 valence electrons. The fourth-order valence-electron chi connectivity index (χ4n) is 3.84. The maximum absolute atomic E-state index is 12.8. The zero-order chi connectivity index (χ0) is 17.6. The Balaban J connectivity index is 1.50. The Morgan fingerprint density at radius 3 is 2.88 bits per heavy atom.